The van der Waals surface area contributed by atoms with E-state index in [9.17, 15) is 4.79 Å². The van der Waals surface area contributed by atoms with Crippen LogP contribution >= 0.6 is 0 Å². The third-order valence-corrected chi connectivity index (χ3v) is 5.66. The van der Waals surface area contributed by atoms with Crippen molar-refractivity contribution in [1.29, 1.82) is 0 Å². The van der Waals surface area contributed by atoms with E-state index in [4.69, 9.17) is 9.72 Å². The molecule has 0 aliphatic carbocycles. The monoisotopic (exact) mass is 396 g/mol. The van der Waals surface area contributed by atoms with Gasteiger partial charge in [0, 0.05) is 63.9 Å². The van der Waals surface area contributed by atoms with Gasteiger partial charge in [-0.05, 0) is 32.1 Å². The van der Waals surface area contributed by atoms with E-state index in [-0.39, 0.29) is 12.0 Å². The van der Waals surface area contributed by atoms with Gasteiger partial charge in [-0.1, -0.05) is 0 Å². The van der Waals surface area contributed by atoms with E-state index in [2.05, 4.69) is 15.0 Å². The van der Waals surface area contributed by atoms with Gasteiger partial charge in [0.1, 0.15) is 17.6 Å². The van der Waals surface area contributed by atoms with Crippen LogP contribution in [0.2, 0.25) is 0 Å². The van der Waals surface area contributed by atoms with E-state index in [0.29, 0.717) is 24.0 Å². The van der Waals surface area contributed by atoms with Crippen molar-refractivity contribution in [2.45, 2.75) is 44.1 Å². The van der Waals surface area contributed by atoms with Crippen LogP contribution in [-0.2, 0) is 9.53 Å². The van der Waals surface area contributed by atoms with Gasteiger partial charge in [0.15, 0.2) is 5.82 Å². The number of ether oxygens (including phenoxy) is 1. The van der Waals surface area contributed by atoms with Crippen molar-refractivity contribution in [2.24, 2.45) is 0 Å². The van der Waals surface area contributed by atoms with Crippen molar-refractivity contribution < 1.29 is 9.53 Å². The molecule has 1 amide bonds. The first-order chi connectivity index (χ1) is 14.1. The van der Waals surface area contributed by atoms with Gasteiger partial charge in [-0.15, -0.1) is 0 Å². The van der Waals surface area contributed by atoms with Crippen molar-refractivity contribution in [1.82, 2.24) is 24.8 Å². The summed E-state index contributed by atoms with van der Waals surface area (Å²) in [6.07, 6.45) is 9.49. The summed E-state index contributed by atoms with van der Waals surface area (Å²) in [5.41, 5.74) is 1.67. The maximum Gasteiger partial charge on any atom is 0.251 e. The molecule has 4 heterocycles. The van der Waals surface area contributed by atoms with Crippen LogP contribution in [0.25, 0.3) is 11.5 Å². The summed E-state index contributed by atoms with van der Waals surface area (Å²) in [4.78, 5) is 34.6. The molecule has 0 spiro atoms. The standard InChI is InChI=1S/C21H28N6O2/c1-26(2)19-13-16(24-20(25-19)17-14-22-8-9-23-17)15-6-10-27(11-7-15)21(28)18-5-3-4-12-29-18/h8-9,13-15,18H,3-7,10-12H2,1-2H3/t18-/m0/s1. The second-order valence-corrected chi connectivity index (χ2v) is 7.91. The van der Waals surface area contributed by atoms with Crippen molar-refractivity contribution in [3.8, 4) is 11.5 Å². The fraction of sp³-hybridized carbons (Fsp3) is 0.571. The van der Waals surface area contributed by atoms with Crippen molar-refractivity contribution in [3.05, 3.63) is 30.4 Å². The molecule has 2 aliphatic heterocycles. The summed E-state index contributed by atoms with van der Waals surface area (Å²) in [5.74, 6) is 1.89. The normalized spacial score (nSPS) is 20.5. The third-order valence-electron chi connectivity index (χ3n) is 5.66. The second kappa shape index (κ2) is 8.82. The third kappa shape index (κ3) is 4.53. The summed E-state index contributed by atoms with van der Waals surface area (Å²) in [7, 11) is 3.94. The van der Waals surface area contributed by atoms with E-state index < -0.39 is 0 Å². The van der Waals surface area contributed by atoms with Crippen LogP contribution in [-0.4, -0.2) is 70.6 Å². The molecule has 8 nitrogen and oxygen atoms in total. The predicted molar refractivity (Wildman–Crippen MR) is 110 cm³/mol. The number of nitrogens with zero attached hydrogens (tertiary/aromatic N) is 6. The lowest BCUT2D eigenvalue weighted by atomic mass is 9.92. The Morgan fingerprint density at radius 1 is 1.14 bits per heavy atom. The first-order valence-electron chi connectivity index (χ1n) is 10.3. The molecule has 154 valence electrons. The quantitative estimate of drug-likeness (QED) is 0.784. The molecule has 2 aromatic heterocycles. The number of carbonyl (C=O) groups is 1. The molecule has 2 fully saturated rings. The van der Waals surface area contributed by atoms with E-state index >= 15 is 0 Å². The SMILES string of the molecule is CN(C)c1cc(C2CCN(C(=O)[C@@H]3CCCCO3)CC2)nc(-c2cnccn2)n1. The van der Waals surface area contributed by atoms with Gasteiger partial charge in [0.2, 0.25) is 0 Å². The van der Waals surface area contributed by atoms with E-state index in [1.54, 1.807) is 18.6 Å². The molecule has 0 radical (unpaired) electrons. The number of hydrogen-bond donors (Lipinski definition) is 0. The molecule has 29 heavy (non-hydrogen) atoms. The first-order valence-corrected chi connectivity index (χ1v) is 10.3. The smallest absolute Gasteiger partial charge is 0.251 e. The first kappa shape index (κ1) is 19.7. The average molecular weight is 396 g/mol. The Labute approximate surface area is 171 Å². The van der Waals surface area contributed by atoms with Gasteiger partial charge in [0.05, 0.1) is 6.20 Å². The van der Waals surface area contributed by atoms with Crippen LogP contribution in [0.1, 0.15) is 43.7 Å². The lowest BCUT2D eigenvalue weighted by molar-refractivity contribution is -0.147. The zero-order valence-corrected chi connectivity index (χ0v) is 17.1. The minimum Gasteiger partial charge on any atom is -0.368 e. The highest BCUT2D eigenvalue weighted by atomic mass is 16.5. The van der Waals surface area contributed by atoms with E-state index in [1.807, 2.05) is 30.0 Å². The Kier molecular flexibility index (Phi) is 5.99. The molecule has 2 aliphatic rings. The molecule has 2 aromatic rings. The lowest BCUT2D eigenvalue weighted by Gasteiger charge is -2.35. The molecule has 0 aromatic carbocycles. The van der Waals surface area contributed by atoms with Crippen molar-refractivity contribution in [2.75, 3.05) is 38.7 Å². The van der Waals surface area contributed by atoms with Gasteiger partial charge in [-0.2, -0.15) is 0 Å². The van der Waals surface area contributed by atoms with Gasteiger partial charge in [0.25, 0.3) is 5.91 Å². The predicted octanol–water partition coefficient (Wildman–Crippen LogP) is 2.27. The Balaban J connectivity index is 1.49. The topological polar surface area (TPSA) is 84.3 Å². The Morgan fingerprint density at radius 3 is 2.62 bits per heavy atom. The minimum atomic E-state index is -0.247. The summed E-state index contributed by atoms with van der Waals surface area (Å²) in [5, 5.41) is 0. The van der Waals surface area contributed by atoms with Crippen LogP contribution in [0.4, 0.5) is 5.82 Å². The van der Waals surface area contributed by atoms with Crippen LogP contribution < -0.4 is 4.90 Å². The summed E-state index contributed by atoms with van der Waals surface area (Å²) in [6.45, 7) is 2.18. The van der Waals surface area contributed by atoms with Gasteiger partial charge in [-0.3, -0.25) is 9.78 Å². The summed E-state index contributed by atoms with van der Waals surface area (Å²) < 4.78 is 5.68. The maximum absolute atomic E-state index is 12.7. The number of hydrogen-bond acceptors (Lipinski definition) is 7. The summed E-state index contributed by atoms with van der Waals surface area (Å²) >= 11 is 0. The number of carbonyl (C=O) groups excluding carboxylic acids is 1. The molecular formula is C21H28N6O2. The molecule has 2 saturated heterocycles. The Morgan fingerprint density at radius 2 is 1.97 bits per heavy atom. The van der Waals surface area contributed by atoms with Crippen LogP contribution in [0, 0.1) is 0 Å². The number of aromatic nitrogens is 4. The molecule has 1 atom stereocenters. The van der Waals surface area contributed by atoms with Gasteiger partial charge < -0.3 is 14.5 Å². The van der Waals surface area contributed by atoms with Crippen LogP contribution in [0.15, 0.2) is 24.7 Å². The maximum atomic E-state index is 12.7. The number of anilines is 1. The number of rotatable bonds is 4. The number of likely N-dealkylation sites (tertiary alicyclic amines) is 1. The lowest BCUT2D eigenvalue weighted by Crippen LogP contribution is -2.45. The van der Waals surface area contributed by atoms with Crippen LogP contribution in [0.3, 0.4) is 0 Å². The number of piperidine rings is 1. The molecule has 0 bridgehead atoms. The molecule has 0 unspecified atom stereocenters. The fourth-order valence-corrected chi connectivity index (χ4v) is 3.95. The molecule has 4 rings (SSSR count). The minimum absolute atomic E-state index is 0.153. The van der Waals surface area contributed by atoms with E-state index in [1.165, 1.54) is 0 Å². The highest BCUT2D eigenvalue weighted by Crippen LogP contribution is 2.30. The Bertz CT molecular complexity index is 830. The average Bonchev–Trinajstić information content (AvgIpc) is 2.79. The molecule has 0 saturated carbocycles. The molecule has 0 N–H and O–H groups in total. The zero-order chi connectivity index (χ0) is 20.2. The van der Waals surface area contributed by atoms with Gasteiger partial charge in [-0.25, -0.2) is 15.0 Å². The second-order valence-electron chi connectivity index (χ2n) is 7.91. The zero-order valence-electron chi connectivity index (χ0n) is 17.1. The molecular weight excluding hydrogens is 368 g/mol. The largest absolute Gasteiger partial charge is 0.368 e. The van der Waals surface area contributed by atoms with Crippen molar-refractivity contribution in [3.63, 3.8) is 0 Å². The molecule has 8 heteroatoms. The van der Waals surface area contributed by atoms with E-state index in [0.717, 1.165) is 56.7 Å². The number of amides is 1. The van der Waals surface area contributed by atoms with Gasteiger partial charge >= 0.3 is 0 Å². The highest BCUT2D eigenvalue weighted by molar-refractivity contribution is 5.81. The Hall–Kier alpha value is -2.61. The van der Waals surface area contributed by atoms with Crippen LogP contribution in [0.5, 0.6) is 0 Å². The summed E-state index contributed by atoms with van der Waals surface area (Å²) in [6, 6.07) is 2.05. The fourth-order valence-electron chi connectivity index (χ4n) is 3.95. The highest BCUT2D eigenvalue weighted by Gasteiger charge is 2.31. The van der Waals surface area contributed by atoms with Crippen molar-refractivity contribution >= 4 is 11.7 Å².